The molecule has 0 spiro atoms. The first-order chi connectivity index (χ1) is 7.11. The van der Waals surface area contributed by atoms with Crippen molar-refractivity contribution in [2.75, 3.05) is 12.4 Å². The van der Waals surface area contributed by atoms with Gasteiger partial charge >= 0.3 is 6.03 Å². The maximum Gasteiger partial charge on any atom is 0.316 e. The number of carbonyl (C=O) groups excluding carboxylic acids is 1. The van der Waals surface area contributed by atoms with Gasteiger partial charge in [0.1, 0.15) is 0 Å². The third kappa shape index (κ3) is 3.99. The molecule has 1 unspecified atom stereocenters. The molecular weight excluding hydrogens is 190 g/mol. The molecule has 0 saturated heterocycles. The van der Waals surface area contributed by atoms with Crippen molar-refractivity contribution in [3.8, 4) is 0 Å². The van der Waals surface area contributed by atoms with Crippen molar-refractivity contribution in [3.05, 3.63) is 29.8 Å². The molecule has 15 heavy (non-hydrogen) atoms. The molecule has 2 amide bonds. The lowest BCUT2D eigenvalue weighted by Crippen LogP contribution is -2.23. The molecule has 0 aliphatic rings. The lowest BCUT2D eigenvalue weighted by atomic mass is 10.1. The zero-order chi connectivity index (χ0) is 11.3. The van der Waals surface area contributed by atoms with E-state index in [0.717, 1.165) is 12.1 Å². The summed E-state index contributed by atoms with van der Waals surface area (Å²) in [5.41, 5.74) is 6.95. The van der Waals surface area contributed by atoms with Crippen LogP contribution in [-0.2, 0) is 6.42 Å². The zero-order valence-corrected chi connectivity index (χ0v) is 9.08. The molecule has 0 aliphatic heterocycles. The molecule has 1 aromatic carbocycles. The first-order valence-electron chi connectivity index (χ1n) is 4.94. The molecule has 0 bridgehead atoms. The maximum atomic E-state index is 10.7. The Labute approximate surface area is 89.9 Å². The third-order valence-corrected chi connectivity index (χ3v) is 2.23. The van der Waals surface area contributed by atoms with Crippen LogP contribution >= 0.6 is 0 Å². The Balaban J connectivity index is 2.69. The average Bonchev–Trinajstić information content (AvgIpc) is 2.17. The third-order valence-electron chi connectivity index (χ3n) is 2.23. The van der Waals surface area contributed by atoms with Crippen LogP contribution in [0.15, 0.2) is 24.3 Å². The summed E-state index contributed by atoms with van der Waals surface area (Å²) in [6.45, 7) is 2.11. The second-order valence-electron chi connectivity index (χ2n) is 3.58. The number of rotatable bonds is 4. The number of benzene rings is 1. The predicted molar refractivity (Wildman–Crippen MR) is 61.9 cm³/mol. The number of hydrogen-bond donors (Lipinski definition) is 3. The van der Waals surface area contributed by atoms with Crippen molar-refractivity contribution in [1.29, 1.82) is 0 Å². The summed E-state index contributed by atoms with van der Waals surface area (Å²) >= 11 is 0. The van der Waals surface area contributed by atoms with Gasteiger partial charge in [-0.1, -0.05) is 12.1 Å². The van der Waals surface area contributed by atoms with Crippen LogP contribution in [0.2, 0.25) is 0 Å². The second-order valence-corrected chi connectivity index (χ2v) is 3.58. The fourth-order valence-electron chi connectivity index (χ4n) is 1.37. The fraction of sp³-hybridized carbons (Fsp3) is 0.364. The SMILES string of the molecule is CNC(C)Cc1cccc(NC(N)=O)c1. The topological polar surface area (TPSA) is 67.2 Å². The minimum absolute atomic E-state index is 0.411. The van der Waals surface area contributed by atoms with Crippen LogP contribution in [0.25, 0.3) is 0 Å². The van der Waals surface area contributed by atoms with E-state index in [1.807, 2.05) is 31.3 Å². The summed E-state index contributed by atoms with van der Waals surface area (Å²) in [5, 5.41) is 5.72. The van der Waals surface area contributed by atoms with Crippen LogP contribution in [0.4, 0.5) is 10.5 Å². The van der Waals surface area contributed by atoms with Gasteiger partial charge in [0.15, 0.2) is 0 Å². The Bertz CT molecular complexity index is 338. The monoisotopic (exact) mass is 207 g/mol. The van der Waals surface area contributed by atoms with E-state index in [2.05, 4.69) is 17.6 Å². The Kier molecular flexibility index (Phi) is 4.12. The van der Waals surface area contributed by atoms with Crippen molar-refractivity contribution in [3.63, 3.8) is 0 Å². The molecule has 0 fully saturated rings. The van der Waals surface area contributed by atoms with E-state index in [9.17, 15) is 4.79 Å². The van der Waals surface area contributed by atoms with Crippen molar-refractivity contribution in [2.45, 2.75) is 19.4 Å². The van der Waals surface area contributed by atoms with Gasteiger partial charge in [0.25, 0.3) is 0 Å². The number of urea groups is 1. The van der Waals surface area contributed by atoms with E-state index in [-0.39, 0.29) is 0 Å². The van der Waals surface area contributed by atoms with Crippen LogP contribution in [0.5, 0.6) is 0 Å². The van der Waals surface area contributed by atoms with Crippen LogP contribution < -0.4 is 16.4 Å². The van der Waals surface area contributed by atoms with E-state index < -0.39 is 6.03 Å². The minimum atomic E-state index is -0.534. The number of amides is 2. The molecule has 0 saturated carbocycles. The Morgan fingerprint density at radius 3 is 2.87 bits per heavy atom. The predicted octanol–water partition coefficient (Wildman–Crippen LogP) is 1.33. The Morgan fingerprint density at radius 2 is 2.27 bits per heavy atom. The Hall–Kier alpha value is -1.55. The minimum Gasteiger partial charge on any atom is -0.351 e. The standard InChI is InChI=1S/C11H17N3O/c1-8(13-2)6-9-4-3-5-10(7-9)14-11(12)15/h3-5,7-8,13H,6H2,1-2H3,(H3,12,14,15). The summed E-state index contributed by atoms with van der Waals surface area (Å²) in [5.74, 6) is 0. The molecule has 4 nitrogen and oxygen atoms in total. The van der Waals surface area contributed by atoms with Crippen LogP contribution in [0.3, 0.4) is 0 Å². The van der Waals surface area contributed by atoms with Crippen molar-refractivity contribution in [2.24, 2.45) is 5.73 Å². The summed E-state index contributed by atoms with van der Waals surface area (Å²) in [6, 6.07) is 7.56. The highest BCUT2D eigenvalue weighted by Gasteiger charge is 2.02. The van der Waals surface area contributed by atoms with Gasteiger partial charge in [-0.25, -0.2) is 4.79 Å². The molecule has 82 valence electrons. The van der Waals surface area contributed by atoms with Gasteiger partial charge in [0.2, 0.25) is 0 Å². The molecule has 0 heterocycles. The van der Waals surface area contributed by atoms with Gasteiger partial charge in [-0.15, -0.1) is 0 Å². The number of carbonyl (C=O) groups is 1. The van der Waals surface area contributed by atoms with E-state index in [1.54, 1.807) is 0 Å². The van der Waals surface area contributed by atoms with Gasteiger partial charge in [-0.3, -0.25) is 0 Å². The highest BCUT2D eigenvalue weighted by atomic mass is 16.2. The number of nitrogens with one attached hydrogen (secondary N) is 2. The molecule has 4 heteroatoms. The lowest BCUT2D eigenvalue weighted by molar-refractivity contribution is 0.259. The molecule has 0 aliphatic carbocycles. The highest BCUT2D eigenvalue weighted by Crippen LogP contribution is 2.11. The number of anilines is 1. The molecule has 1 rings (SSSR count). The maximum absolute atomic E-state index is 10.7. The van der Waals surface area contributed by atoms with Crippen molar-refractivity contribution >= 4 is 11.7 Å². The number of primary amides is 1. The van der Waals surface area contributed by atoms with E-state index in [4.69, 9.17) is 5.73 Å². The lowest BCUT2D eigenvalue weighted by Gasteiger charge is -2.11. The molecular formula is C11H17N3O. The van der Waals surface area contributed by atoms with Gasteiger partial charge in [-0.05, 0) is 38.1 Å². The summed E-state index contributed by atoms with van der Waals surface area (Å²) < 4.78 is 0. The van der Waals surface area contributed by atoms with Gasteiger partial charge in [0, 0.05) is 11.7 Å². The number of hydrogen-bond acceptors (Lipinski definition) is 2. The smallest absolute Gasteiger partial charge is 0.316 e. The molecule has 1 aromatic rings. The number of likely N-dealkylation sites (N-methyl/N-ethyl adjacent to an activating group) is 1. The van der Waals surface area contributed by atoms with Crippen LogP contribution in [0.1, 0.15) is 12.5 Å². The van der Waals surface area contributed by atoms with Gasteiger partial charge in [0.05, 0.1) is 0 Å². The highest BCUT2D eigenvalue weighted by molar-refractivity contribution is 5.87. The van der Waals surface area contributed by atoms with Crippen molar-refractivity contribution < 1.29 is 4.79 Å². The van der Waals surface area contributed by atoms with E-state index in [0.29, 0.717) is 6.04 Å². The van der Waals surface area contributed by atoms with E-state index >= 15 is 0 Å². The second kappa shape index (κ2) is 5.36. The first kappa shape index (κ1) is 11.5. The Morgan fingerprint density at radius 1 is 1.53 bits per heavy atom. The normalized spacial score (nSPS) is 12.1. The quantitative estimate of drug-likeness (QED) is 0.697. The fourth-order valence-corrected chi connectivity index (χ4v) is 1.37. The molecule has 0 aromatic heterocycles. The van der Waals surface area contributed by atoms with Gasteiger partial charge < -0.3 is 16.4 Å². The van der Waals surface area contributed by atoms with Crippen LogP contribution in [0, 0.1) is 0 Å². The zero-order valence-electron chi connectivity index (χ0n) is 9.08. The largest absolute Gasteiger partial charge is 0.351 e. The van der Waals surface area contributed by atoms with E-state index in [1.165, 1.54) is 5.56 Å². The summed E-state index contributed by atoms with van der Waals surface area (Å²) in [4.78, 5) is 10.7. The summed E-state index contributed by atoms with van der Waals surface area (Å²) in [6.07, 6.45) is 0.921. The summed E-state index contributed by atoms with van der Waals surface area (Å²) in [7, 11) is 1.93. The van der Waals surface area contributed by atoms with Gasteiger partial charge in [-0.2, -0.15) is 0 Å². The first-order valence-corrected chi connectivity index (χ1v) is 4.94. The molecule has 1 atom stereocenters. The molecule has 4 N–H and O–H groups in total. The molecule has 0 radical (unpaired) electrons. The van der Waals surface area contributed by atoms with Crippen molar-refractivity contribution in [1.82, 2.24) is 5.32 Å². The average molecular weight is 207 g/mol. The number of nitrogens with two attached hydrogens (primary N) is 1. The van der Waals surface area contributed by atoms with Crippen LogP contribution in [-0.4, -0.2) is 19.1 Å².